The molecule has 0 bridgehead atoms. The number of nitrogens with zero attached hydrogens (tertiary/aromatic N) is 3. The van der Waals surface area contributed by atoms with Crippen LogP contribution in [0.1, 0.15) is 19.7 Å². The molecular formula is C11H18N4O2. The van der Waals surface area contributed by atoms with Crippen LogP contribution in [0.3, 0.4) is 0 Å². The number of carbonyl (C=O) groups is 1. The topological polar surface area (TPSA) is 78.4 Å². The molecule has 1 aromatic rings. The van der Waals surface area contributed by atoms with E-state index in [9.17, 15) is 4.79 Å². The van der Waals surface area contributed by atoms with E-state index in [-0.39, 0.29) is 0 Å². The van der Waals surface area contributed by atoms with Gasteiger partial charge in [-0.15, -0.1) is 0 Å². The van der Waals surface area contributed by atoms with Gasteiger partial charge in [-0.2, -0.15) is 0 Å². The van der Waals surface area contributed by atoms with Gasteiger partial charge in [-0.3, -0.25) is 4.79 Å². The van der Waals surface area contributed by atoms with Crippen molar-refractivity contribution in [3.63, 3.8) is 0 Å². The first-order chi connectivity index (χ1) is 7.93. The Labute approximate surface area is 101 Å². The van der Waals surface area contributed by atoms with Crippen molar-refractivity contribution in [2.75, 3.05) is 23.8 Å². The third-order valence-electron chi connectivity index (χ3n) is 2.42. The molecule has 1 heterocycles. The smallest absolute Gasteiger partial charge is 0.325 e. The van der Waals surface area contributed by atoms with Crippen LogP contribution < -0.4 is 10.2 Å². The van der Waals surface area contributed by atoms with Crippen LogP contribution in [0.5, 0.6) is 0 Å². The van der Waals surface area contributed by atoms with Crippen molar-refractivity contribution >= 4 is 17.6 Å². The zero-order chi connectivity index (χ0) is 13.0. The van der Waals surface area contributed by atoms with Gasteiger partial charge < -0.3 is 15.3 Å². The summed E-state index contributed by atoms with van der Waals surface area (Å²) >= 11 is 0. The minimum absolute atomic E-state index is 0.530. The van der Waals surface area contributed by atoms with Crippen molar-refractivity contribution in [2.24, 2.45) is 0 Å². The number of aromatic nitrogens is 2. The molecule has 0 amide bonds. The molecule has 1 unspecified atom stereocenters. The first-order valence-electron chi connectivity index (χ1n) is 5.50. The normalized spacial score (nSPS) is 12.0. The Bertz CT molecular complexity index is 408. The first-order valence-corrected chi connectivity index (χ1v) is 5.50. The summed E-state index contributed by atoms with van der Waals surface area (Å²) < 4.78 is 0. The summed E-state index contributed by atoms with van der Waals surface area (Å²) in [6.07, 6.45) is 0. The van der Waals surface area contributed by atoms with Gasteiger partial charge in [0, 0.05) is 19.7 Å². The van der Waals surface area contributed by atoms with E-state index in [0.29, 0.717) is 11.6 Å². The van der Waals surface area contributed by atoms with Crippen molar-refractivity contribution in [2.45, 2.75) is 26.8 Å². The van der Waals surface area contributed by atoms with Crippen LogP contribution in [-0.2, 0) is 4.79 Å². The quantitative estimate of drug-likeness (QED) is 0.800. The van der Waals surface area contributed by atoms with Gasteiger partial charge in [0.1, 0.15) is 23.5 Å². The lowest BCUT2D eigenvalue weighted by Gasteiger charge is -2.18. The Morgan fingerprint density at radius 2 is 2.24 bits per heavy atom. The summed E-state index contributed by atoms with van der Waals surface area (Å²) in [4.78, 5) is 21.2. The van der Waals surface area contributed by atoms with Gasteiger partial charge in [0.05, 0.1) is 0 Å². The summed E-state index contributed by atoms with van der Waals surface area (Å²) in [5.41, 5.74) is 0. The molecule has 0 fully saturated rings. The predicted molar refractivity (Wildman–Crippen MR) is 66.4 cm³/mol. The Morgan fingerprint density at radius 1 is 1.59 bits per heavy atom. The summed E-state index contributed by atoms with van der Waals surface area (Å²) in [5, 5.41) is 11.6. The maximum absolute atomic E-state index is 10.7. The van der Waals surface area contributed by atoms with Crippen molar-refractivity contribution in [3.8, 4) is 0 Å². The highest BCUT2D eigenvalue weighted by Crippen LogP contribution is 2.15. The molecule has 0 aliphatic carbocycles. The molecule has 0 radical (unpaired) electrons. The molecule has 1 atom stereocenters. The summed E-state index contributed by atoms with van der Waals surface area (Å²) in [6.45, 7) is 6.20. The molecule has 94 valence electrons. The minimum atomic E-state index is -0.910. The summed E-state index contributed by atoms with van der Waals surface area (Å²) in [7, 11) is 1.92. The maximum atomic E-state index is 10.7. The zero-order valence-corrected chi connectivity index (χ0v) is 10.6. The van der Waals surface area contributed by atoms with Gasteiger partial charge in [0.15, 0.2) is 0 Å². The third kappa shape index (κ3) is 3.58. The highest BCUT2D eigenvalue weighted by molar-refractivity contribution is 5.76. The van der Waals surface area contributed by atoms with Crippen LogP contribution in [0.25, 0.3) is 0 Å². The molecule has 0 aliphatic rings. The zero-order valence-electron chi connectivity index (χ0n) is 10.6. The Kier molecular flexibility index (Phi) is 4.25. The molecule has 0 saturated heterocycles. The fraction of sp³-hybridized carbons (Fsp3) is 0.545. The molecule has 0 aromatic carbocycles. The standard InChI is InChI=1S/C11H18N4O2/c1-5-15(4)10-6-9(13-8(3)14-10)12-7(2)11(16)17/h6-7H,5H2,1-4H3,(H,16,17)(H,12,13,14). The monoisotopic (exact) mass is 238 g/mol. The van der Waals surface area contributed by atoms with Crippen molar-refractivity contribution in [1.29, 1.82) is 0 Å². The molecule has 1 aromatic heterocycles. The van der Waals surface area contributed by atoms with Gasteiger partial charge >= 0.3 is 5.97 Å². The molecule has 17 heavy (non-hydrogen) atoms. The van der Waals surface area contributed by atoms with Crippen LogP contribution in [0.4, 0.5) is 11.6 Å². The molecule has 6 nitrogen and oxygen atoms in total. The van der Waals surface area contributed by atoms with E-state index in [1.54, 1.807) is 19.9 Å². The van der Waals surface area contributed by atoms with Gasteiger partial charge in [-0.25, -0.2) is 9.97 Å². The number of carboxylic acids is 1. The molecule has 0 spiro atoms. The van der Waals surface area contributed by atoms with Crippen LogP contribution >= 0.6 is 0 Å². The predicted octanol–water partition coefficient (Wildman–Crippen LogP) is 1.13. The van der Waals surface area contributed by atoms with Crippen LogP contribution in [-0.4, -0.2) is 40.7 Å². The first kappa shape index (κ1) is 13.2. The fourth-order valence-corrected chi connectivity index (χ4v) is 1.27. The number of hydrogen-bond donors (Lipinski definition) is 2. The summed E-state index contributed by atoms with van der Waals surface area (Å²) in [5.74, 6) is 1.01. The van der Waals surface area contributed by atoms with Crippen molar-refractivity contribution in [1.82, 2.24) is 9.97 Å². The Balaban J connectivity index is 2.93. The van der Waals surface area contributed by atoms with E-state index in [1.807, 2.05) is 18.9 Å². The van der Waals surface area contributed by atoms with Gasteiger partial charge in [-0.05, 0) is 20.8 Å². The summed E-state index contributed by atoms with van der Waals surface area (Å²) in [6, 6.07) is 1.07. The minimum Gasteiger partial charge on any atom is -0.480 e. The van der Waals surface area contributed by atoms with E-state index in [1.165, 1.54) is 0 Å². The van der Waals surface area contributed by atoms with E-state index in [4.69, 9.17) is 5.11 Å². The van der Waals surface area contributed by atoms with E-state index < -0.39 is 12.0 Å². The van der Waals surface area contributed by atoms with Crippen LogP contribution in [0.2, 0.25) is 0 Å². The van der Waals surface area contributed by atoms with E-state index in [2.05, 4.69) is 15.3 Å². The molecule has 6 heteroatoms. The SMILES string of the molecule is CCN(C)c1cc(NC(C)C(=O)O)nc(C)n1. The molecule has 1 rings (SSSR count). The number of aryl methyl sites for hydroxylation is 1. The fourth-order valence-electron chi connectivity index (χ4n) is 1.27. The second-order valence-electron chi connectivity index (χ2n) is 3.88. The lowest BCUT2D eigenvalue weighted by Crippen LogP contribution is -2.26. The third-order valence-corrected chi connectivity index (χ3v) is 2.42. The number of nitrogens with one attached hydrogen (secondary N) is 1. The van der Waals surface area contributed by atoms with Crippen molar-refractivity contribution < 1.29 is 9.90 Å². The molecule has 2 N–H and O–H groups in total. The highest BCUT2D eigenvalue weighted by atomic mass is 16.4. The molecule has 0 saturated carbocycles. The maximum Gasteiger partial charge on any atom is 0.325 e. The average Bonchev–Trinajstić information content (AvgIpc) is 2.26. The number of carboxylic acid groups (broad SMARTS) is 1. The van der Waals surface area contributed by atoms with Gasteiger partial charge in [-0.1, -0.05) is 0 Å². The van der Waals surface area contributed by atoms with Gasteiger partial charge in [0.2, 0.25) is 0 Å². The average molecular weight is 238 g/mol. The van der Waals surface area contributed by atoms with E-state index in [0.717, 1.165) is 12.4 Å². The highest BCUT2D eigenvalue weighted by Gasteiger charge is 2.12. The van der Waals surface area contributed by atoms with E-state index >= 15 is 0 Å². The number of rotatable bonds is 5. The second-order valence-corrected chi connectivity index (χ2v) is 3.88. The van der Waals surface area contributed by atoms with Crippen LogP contribution in [0, 0.1) is 6.92 Å². The van der Waals surface area contributed by atoms with Crippen molar-refractivity contribution in [3.05, 3.63) is 11.9 Å². The Hall–Kier alpha value is -1.85. The lowest BCUT2D eigenvalue weighted by atomic mass is 10.3. The number of anilines is 2. The number of aliphatic carboxylic acids is 1. The van der Waals surface area contributed by atoms with Crippen LogP contribution in [0.15, 0.2) is 6.07 Å². The van der Waals surface area contributed by atoms with Gasteiger partial charge in [0.25, 0.3) is 0 Å². The molecular weight excluding hydrogens is 220 g/mol. The number of hydrogen-bond acceptors (Lipinski definition) is 5. The largest absolute Gasteiger partial charge is 0.480 e. The lowest BCUT2D eigenvalue weighted by molar-refractivity contribution is -0.137. The Morgan fingerprint density at radius 3 is 2.76 bits per heavy atom. The second kappa shape index (κ2) is 5.47. The molecule has 0 aliphatic heterocycles.